The first-order valence-corrected chi connectivity index (χ1v) is 9.83. The standard InChI is InChI=1S/C21H23N5O3/c1-13-10-26-11-16(23-20(26)24-18(13)28)19(29)25-7-6-21(17(27)12-25)8-14-4-2-3-5-15(14)9-22-21/h2-5,10-11,17,22,27H,6-9,12H2,1H3,(H,23,24,28)/t17-,21+/m1/s1. The highest BCUT2D eigenvalue weighted by Gasteiger charge is 2.45. The molecule has 0 saturated carbocycles. The third-order valence-corrected chi connectivity index (χ3v) is 6.27. The molecule has 5 rings (SSSR count). The maximum Gasteiger partial charge on any atom is 0.277 e. The second kappa shape index (κ2) is 6.53. The van der Waals surface area contributed by atoms with Crippen molar-refractivity contribution in [3.8, 4) is 0 Å². The van der Waals surface area contributed by atoms with Gasteiger partial charge in [-0.05, 0) is 30.9 Å². The molecule has 3 aromatic rings. The molecule has 0 bridgehead atoms. The molecule has 1 spiro atoms. The molecule has 4 heterocycles. The van der Waals surface area contributed by atoms with Crippen molar-refractivity contribution in [3.63, 3.8) is 0 Å². The van der Waals surface area contributed by atoms with E-state index in [9.17, 15) is 14.7 Å². The Labute approximate surface area is 167 Å². The summed E-state index contributed by atoms with van der Waals surface area (Å²) >= 11 is 0. The number of aliphatic hydroxyl groups is 1. The van der Waals surface area contributed by atoms with E-state index in [1.54, 1.807) is 28.6 Å². The predicted molar refractivity (Wildman–Crippen MR) is 107 cm³/mol. The zero-order chi connectivity index (χ0) is 20.2. The van der Waals surface area contributed by atoms with E-state index in [0.29, 0.717) is 30.0 Å². The number of aromatic amines is 1. The largest absolute Gasteiger partial charge is 0.389 e. The van der Waals surface area contributed by atoms with Crippen LogP contribution in [0, 0.1) is 6.92 Å². The topological polar surface area (TPSA) is 103 Å². The van der Waals surface area contributed by atoms with Crippen LogP contribution in [-0.4, -0.2) is 55.0 Å². The van der Waals surface area contributed by atoms with Crippen LogP contribution in [0.15, 0.2) is 41.5 Å². The number of benzene rings is 1. The average molecular weight is 393 g/mol. The van der Waals surface area contributed by atoms with E-state index in [0.717, 1.165) is 13.0 Å². The number of imidazole rings is 1. The molecule has 1 aromatic carbocycles. The Balaban J connectivity index is 1.36. The van der Waals surface area contributed by atoms with Gasteiger partial charge in [0.15, 0.2) is 0 Å². The third kappa shape index (κ3) is 2.95. The van der Waals surface area contributed by atoms with Gasteiger partial charge in [-0.1, -0.05) is 24.3 Å². The normalized spacial score (nSPS) is 24.1. The van der Waals surface area contributed by atoms with Gasteiger partial charge in [0.25, 0.3) is 11.5 Å². The van der Waals surface area contributed by atoms with Gasteiger partial charge in [-0.15, -0.1) is 0 Å². The molecule has 0 aliphatic carbocycles. The van der Waals surface area contributed by atoms with E-state index >= 15 is 0 Å². The fourth-order valence-corrected chi connectivity index (χ4v) is 4.48. The Bertz CT molecular complexity index is 1170. The van der Waals surface area contributed by atoms with Crippen LogP contribution in [0.4, 0.5) is 0 Å². The van der Waals surface area contributed by atoms with Gasteiger partial charge in [0.2, 0.25) is 5.78 Å². The highest BCUT2D eigenvalue weighted by molar-refractivity contribution is 5.93. The van der Waals surface area contributed by atoms with Crippen LogP contribution in [0.5, 0.6) is 0 Å². The number of H-pyrrole nitrogens is 1. The first kappa shape index (κ1) is 18.1. The molecule has 2 aliphatic heterocycles. The quantitative estimate of drug-likeness (QED) is 0.563. The lowest BCUT2D eigenvalue weighted by atomic mass is 9.76. The number of nitrogens with one attached hydrogen (secondary N) is 2. The Morgan fingerprint density at radius 3 is 2.86 bits per heavy atom. The first-order chi connectivity index (χ1) is 13.9. The zero-order valence-electron chi connectivity index (χ0n) is 16.2. The zero-order valence-corrected chi connectivity index (χ0v) is 16.2. The lowest BCUT2D eigenvalue weighted by molar-refractivity contribution is -0.0140. The van der Waals surface area contributed by atoms with Gasteiger partial charge in [0, 0.05) is 37.6 Å². The number of hydrogen-bond acceptors (Lipinski definition) is 5. The number of aromatic nitrogens is 3. The van der Waals surface area contributed by atoms with Crippen LogP contribution in [0.1, 0.15) is 33.6 Å². The van der Waals surface area contributed by atoms with Crippen molar-refractivity contribution in [3.05, 3.63) is 69.4 Å². The van der Waals surface area contributed by atoms with Crippen LogP contribution in [0.3, 0.4) is 0 Å². The fourth-order valence-electron chi connectivity index (χ4n) is 4.48. The molecule has 8 nitrogen and oxygen atoms in total. The van der Waals surface area contributed by atoms with Crippen LogP contribution in [0.25, 0.3) is 5.78 Å². The third-order valence-electron chi connectivity index (χ3n) is 6.27. The predicted octanol–water partition coefficient (Wildman–Crippen LogP) is 0.623. The number of aliphatic hydroxyl groups excluding tert-OH is 1. The number of fused-ring (bicyclic) bond motifs is 2. The number of carbonyl (C=O) groups excluding carboxylic acids is 1. The van der Waals surface area contributed by atoms with E-state index in [2.05, 4.69) is 27.4 Å². The molecule has 0 radical (unpaired) electrons. The summed E-state index contributed by atoms with van der Waals surface area (Å²) in [4.78, 5) is 33.3. The first-order valence-electron chi connectivity index (χ1n) is 9.83. The smallest absolute Gasteiger partial charge is 0.277 e. The minimum atomic E-state index is -0.667. The minimum absolute atomic E-state index is 0.203. The molecule has 1 saturated heterocycles. The van der Waals surface area contributed by atoms with Gasteiger partial charge in [-0.25, -0.2) is 0 Å². The number of rotatable bonds is 1. The van der Waals surface area contributed by atoms with Crippen LogP contribution in [0.2, 0.25) is 0 Å². The van der Waals surface area contributed by atoms with Crippen LogP contribution >= 0.6 is 0 Å². The average Bonchev–Trinajstić information content (AvgIpc) is 3.12. The van der Waals surface area contributed by atoms with E-state index in [1.807, 2.05) is 12.1 Å². The second-order valence-corrected chi connectivity index (χ2v) is 8.10. The van der Waals surface area contributed by atoms with Gasteiger partial charge in [0.1, 0.15) is 5.69 Å². The van der Waals surface area contributed by atoms with Crippen molar-refractivity contribution < 1.29 is 9.90 Å². The fraction of sp³-hybridized carbons (Fsp3) is 0.381. The highest BCUT2D eigenvalue weighted by Crippen LogP contribution is 2.32. The summed E-state index contributed by atoms with van der Waals surface area (Å²) in [7, 11) is 0. The minimum Gasteiger partial charge on any atom is -0.389 e. The Hall–Kier alpha value is -2.97. The summed E-state index contributed by atoms with van der Waals surface area (Å²) in [6.45, 7) is 3.21. The van der Waals surface area contributed by atoms with Crippen molar-refractivity contribution in [2.75, 3.05) is 13.1 Å². The van der Waals surface area contributed by atoms with Crippen LogP contribution < -0.4 is 10.9 Å². The van der Waals surface area contributed by atoms with E-state index < -0.39 is 11.6 Å². The van der Waals surface area contributed by atoms with Crippen molar-refractivity contribution in [1.82, 2.24) is 24.6 Å². The number of likely N-dealkylation sites (tertiary alicyclic amines) is 1. The molecular formula is C21H23N5O3. The molecule has 0 unspecified atom stereocenters. The summed E-state index contributed by atoms with van der Waals surface area (Å²) < 4.78 is 1.64. The number of amides is 1. The molecule has 2 aromatic heterocycles. The summed E-state index contributed by atoms with van der Waals surface area (Å²) in [6.07, 6.45) is 4.05. The molecule has 8 heteroatoms. The van der Waals surface area contributed by atoms with Crippen molar-refractivity contribution in [1.29, 1.82) is 0 Å². The number of nitrogens with zero attached hydrogens (tertiary/aromatic N) is 3. The monoisotopic (exact) mass is 393 g/mol. The van der Waals surface area contributed by atoms with Crippen molar-refractivity contribution >= 4 is 11.7 Å². The van der Waals surface area contributed by atoms with Crippen molar-refractivity contribution in [2.45, 2.75) is 38.0 Å². The lowest BCUT2D eigenvalue weighted by Gasteiger charge is -2.48. The van der Waals surface area contributed by atoms with E-state index in [-0.39, 0.29) is 18.0 Å². The number of β-amino-alcohol motifs (C(OH)–C–C–N with tert-alkyl or cyclic N) is 1. The molecule has 29 heavy (non-hydrogen) atoms. The summed E-state index contributed by atoms with van der Waals surface area (Å²) in [6, 6.07) is 8.28. The number of carbonyl (C=O) groups is 1. The van der Waals surface area contributed by atoms with Gasteiger partial charge in [-0.3, -0.25) is 14.0 Å². The summed E-state index contributed by atoms with van der Waals surface area (Å²) in [5.41, 5.74) is 2.67. The second-order valence-electron chi connectivity index (χ2n) is 8.10. The Kier molecular flexibility index (Phi) is 4.07. The number of aryl methyl sites for hydroxylation is 1. The highest BCUT2D eigenvalue weighted by atomic mass is 16.3. The van der Waals surface area contributed by atoms with Gasteiger partial charge < -0.3 is 20.3 Å². The van der Waals surface area contributed by atoms with Gasteiger partial charge in [-0.2, -0.15) is 4.98 Å². The summed E-state index contributed by atoms with van der Waals surface area (Å²) in [5, 5.41) is 14.5. The molecule has 3 N–H and O–H groups in total. The SMILES string of the molecule is Cc1cn2cc(C(=O)N3CC[C@]4(Cc5ccccc5CN4)[C@H](O)C3)[nH]c2nc1=O. The molecule has 1 amide bonds. The van der Waals surface area contributed by atoms with E-state index in [1.165, 1.54) is 11.1 Å². The van der Waals surface area contributed by atoms with Gasteiger partial charge in [0.05, 0.1) is 11.6 Å². The molecule has 2 aliphatic rings. The number of piperidine rings is 1. The molecular weight excluding hydrogens is 370 g/mol. The van der Waals surface area contributed by atoms with Crippen LogP contribution in [-0.2, 0) is 13.0 Å². The maximum atomic E-state index is 13.0. The van der Waals surface area contributed by atoms with Crippen molar-refractivity contribution in [2.24, 2.45) is 0 Å². The van der Waals surface area contributed by atoms with Gasteiger partial charge >= 0.3 is 0 Å². The molecule has 150 valence electrons. The summed E-state index contributed by atoms with van der Waals surface area (Å²) in [5.74, 6) is 0.134. The molecule has 1 fully saturated rings. The number of hydrogen-bond donors (Lipinski definition) is 3. The lowest BCUT2D eigenvalue weighted by Crippen LogP contribution is -2.65. The Morgan fingerprint density at radius 2 is 2.07 bits per heavy atom. The maximum absolute atomic E-state index is 13.0. The van der Waals surface area contributed by atoms with E-state index in [4.69, 9.17) is 0 Å². The Morgan fingerprint density at radius 1 is 1.28 bits per heavy atom. The molecule has 2 atom stereocenters.